The van der Waals surface area contributed by atoms with Gasteiger partial charge in [-0.25, -0.2) is 17.6 Å². The van der Waals surface area contributed by atoms with Crippen LogP contribution in [0.2, 0.25) is 0 Å². The number of aliphatic hydroxyl groups excluding tert-OH is 1. The highest BCUT2D eigenvalue weighted by atomic mass is 32.2. The molecule has 1 aliphatic rings. The Morgan fingerprint density at radius 2 is 1.80 bits per heavy atom. The quantitative estimate of drug-likeness (QED) is 0.700. The van der Waals surface area contributed by atoms with Gasteiger partial charge in [0.2, 0.25) is 6.17 Å². The molecular weight excluding hydrogens is 227 g/mol. The first-order chi connectivity index (χ1) is 6.83. The van der Waals surface area contributed by atoms with Crippen molar-refractivity contribution in [3.8, 4) is 0 Å². The van der Waals surface area contributed by atoms with Gasteiger partial charge < -0.3 is 10.2 Å². The van der Waals surface area contributed by atoms with Gasteiger partial charge in [-0.05, 0) is 18.8 Å². The Morgan fingerprint density at radius 3 is 2.20 bits per heavy atom. The molecule has 0 amide bonds. The van der Waals surface area contributed by atoms with Crippen molar-refractivity contribution in [2.75, 3.05) is 11.5 Å². The van der Waals surface area contributed by atoms with Crippen molar-refractivity contribution in [2.24, 2.45) is 5.92 Å². The van der Waals surface area contributed by atoms with Crippen molar-refractivity contribution in [2.45, 2.75) is 25.1 Å². The second-order valence-corrected chi connectivity index (χ2v) is 6.02. The molecule has 88 valence electrons. The molecule has 7 heteroatoms. The summed E-state index contributed by atoms with van der Waals surface area (Å²) >= 11 is 0. The van der Waals surface area contributed by atoms with E-state index in [0.717, 1.165) is 0 Å². The number of carboxylic acids is 1. The van der Waals surface area contributed by atoms with Gasteiger partial charge in [-0.2, -0.15) is 0 Å². The van der Waals surface area contributed by atoms with Crippen LogP contribution in [-0.4, -0.2) is 48.4 Å². The minimum Gasteiger partial charge on any atom is -0.479 e. The molecule has 1 heterocycles. The summed E-state index contributed by atoms with van der Waals surface area (Å²) in [5.74, 6) is -2.52. The minimum absolute atomic E-state index is 0.110. The highest BCUT2D eigenvalue weighted by Crippen LogP contribution is 2.24. The highest BCUT2D eigenvalue weighted by molar-refractivity contribution is 7.91. The second kappa shape index (κ2) is 4.44. The molecule has 5 nitrogen and oxygen atoms in total. The van der Waals surface area contributed by atoms with Crippen LogP contribution in [0.3, 0.4) is 0 Å². The van der Waals surface area contributed by atoms with Gasteiger partial charge in [-0.3, -0.25) is 0 Å². The molecule has 0 aromatic rings. The Kier molecular flexibility index (Phi) is 3.67. The fourth-order valence-electron chi connectivity index (χ4n) is 1.63. The summed E-state index contributed by atoms with van der Waals surface area (Å²) in [6.07, 6.45) is -3.71. The lowest BCUT2D eigenvalue weighted by Gasteiger charge is -2.27. The van der Waals surface area contributed by atoms with E-state index in [0.29, 0.717) is 0 Å². The largest absolute Gasteiger partial charge is 0.479 e. The van der Waals surface area contributed by atoms with Crippen molar-refractivity contribution in [3.05, 3.63) is 0 Å². The number of carbonyl (C=O) groups is 1. The SMILES string of the molecule is O=C(O)C(F)C(O)C1CCS(=O)(=O)CC1. The van der Waals surface area contributed by atoms with E-state index in [-0.39, 0.29) is 24.3 Å². The molecule has 2 unspecified atom stereocenters. The zero-order chi connectivity index (χ0) is 11.6. The van der Waals surface area contributed by atoms with Crippen LogP contribution in [-0.2, 0) is 14.6 Å². The summed E-state index contributed by atoms with van der Waals surface area (Å²) in [4.78, 5) is 10.3. The maximum atomic E-state index is 12.9. The van der Waals surface area contributed by atoms with E-state index in [2.05, 4.69) is 0 Å². The number of aliphatic hydroxyl groups is 1. The smallest absolute Gasteiger partial charge is 0.341 e. The van der Waals surface area contributed by atoms with Crippen LogP contribution in [0.15, 0.2) is 0 Å². The Balaban J connectivity index is 2.57. The van der Waals surface area contributed by atoms with Gasteiger partial charge in [0.05, 0.1) is 17.6 Å². The average Bonchev–Trinajstić information content (AvgIpc) is 2.15. The molecule has 0 spiro atoms. The molecule has 0 bridgehead atoms. The normalized spacial score (nSPS) is 25.7. The van der Waals surface area contributed by atoms with E-state index in [1.54, 1.807) is 0 Å². The maximum absolute atomic E-state index is 12.9. The van der Waals surface area contributed by atoms with Gasteiger partial charge in [0.15, 0.2) is 0 Å². The zero-order valence-corrected chi connectivity index (χ0v) is 8.78. The molecule has 0 aliphatic carbocycles. The lowest BCUT2D eigenvalue weighted by molar-refractivity contribution is -0.148. The molecular formula is C8H13FO5S. The van der Waals surface area contributed by atoms with Crippen LogP contribution in [0.1, 0.15) is 12.8 Å². The van der Waals surface area contributed by atoms with Crippen LogP contribution in [0.25, 0.3) is 0 Å². The third-order valence-corrected chi connectivity index (χ3v) is 4.33. The van der Waals surface area contributed by atoms with Gasteiger partial charge in [0.25, 0.3) is 0 Å². The topological polar surface area (TPSA) is 91.7 Å². The molecule has 1 rings (SSSR count). The summed E-state index contributed by atoms with van der Waals surface area (Å²) in [6, 6.07) is 0. The molecule has 1 saturated heterocycles. The Morgan fingerprint density at radius 1 is 1.33 bits per heavy atom. The van der Waals surface area contributed by atoms with E-state index in [1.807, 2.05) is 0 Å². The standard InChI is InChI=1S/C8H13FO5S/c9-6(8(11)12)7(10)5-1-3-15(13,14)4-2-5/h5-7,10H,1-4H2,(H,11,12). The van der Waals surface area contributed by atoms with Crippen molar-refractivity contribution < 1.29 is 27.8 Å². The van der Waals surface area contributed by atoms with Gasteiger partial charge in [-0.15, -0.1) is 0 Å². The van der Waals surface area contributed by atoms with Crippen LogP contribution >= 0.6 is 0 Å². The number of carboxylic acid groups (broad SMARTS) is 1. The lowest BCUT2D eigenvalue weighted by Crippen LogP contribution is -2.40. The lowest BCUT2D eigenvalue weighted by atomic mass is 9.93. The molecule has 1 fully saturated rings. The summed E-state index contributed by atoms with van der Waals surface area (Å²) in [7, 11) is -3.08. The molecule has 2 atom stereocenters. The third kappa shape index (κ3) is 3.13. The number of hydrogen-bond acceptors (Lipinski definition) is 4. The zero-order valence-electron chi connectivity index (χ0n) is 7.97. The van der Waals surface area contributed by atoms with Crippen LogP contribution in [0.4, 0.5) is 4.39 Å². The van der Waals surface area contributed by atoms with E-state index < -0.39 is 34.0 Å². The molecule has 0 radical (unpaired) electrons. The van der Waals surface area contributed by atoms with Gasteiger partial charge in [0, 0.05) is 0 Å². The van der Waals surface area contributed by atoms with Crippen molar-refractivity contribution in [1.29, 1.82) is 0 Å². The predicted molar refractivity (Wildman–Crippen MR) is 49.9 cm³/mol. The summed E-state index contributed by atoms with van der Waals surface area (Å²) in [6.45, 7) is 0. The van der Waals surface area contributed by atoms with Gasteiger partial charge in [-0.1, -0.05) is 0 Å². The summed E-state index contributed by atoms with van der Waals surface area (Å²) in [5, 5.41) is 17.7. The monoisotopic (exact) mass is 240 g/mol. The predicted octanol–water partition coefficient (Wildman–Crippen LogP) is -0.405. The number of hydrogen-bond donors (Lipinski definition) is 2. The van der Waals surface area contributed by atoms with Crippen LogP contribution in [0.5, 0.6) is 0 Å². The molecule has 1 aliphatic heterocycles. The molecule has 0 saturated carbocycles. The molecule has 0 aromatic carbocycles. The van der Waals surface area contributed by atoms with E-state index in [4.69, 9.17) is 5.11 Å². The average molecular weight is 240 g/mol. The van der Waals surface area contributed by atoms with E-state index in [9.17, 15) is 22.7 Å². The Bertz CT molecular complexity index is 325. The summed E-state index contributed by atoms with van der Waals surface area (Å²) in [5.41, 5.74) is 0. The van der Waals surface area contributed by atoms with Crippen molar-refractivity contribution in [1.82, 2.24) is 0 Å². The number of aliphatic carboxylic acids is 1. The highest BCUT2D eigenvalue weighted by Gasteiger charge is 2.36. The Labute approximate surface area is 86.8 Å². The number of alkyl halides is 1. The number of sulfone groups is 1. The Hall–Kier alpha value is -0.690. The van der Waals surface area contributed by atoms with Gasteiger partial charge in [0.1, 0.15) is 9.84 Å². The van der Waals surface area contributed by atoms with Crippen LogP contribution in [0, 0.1) is 5.92 Å². The first-order valence-corrected chi connectivity index (χ1v) is 6.41. The van der Waals surface area contributed by atoms with Crippen LogP contribution < -0.4 is 0 Å². The number of halogens is 1. The van der Waals surface area contributed by atoms with E-state index >= 15 is 0 Å². The second-order valence-electron chi connectivity index (χ2n) is 3.72. The minimum atomic E-state index is -3.08. The molecule has 15 heavy (non-hydrogen) atoms. The first-order valence-electron chi connectivity index (χ1n) is 4.59. The van der Waals surface area contributed by atoms with Crippen molar-refractivity contribution in [3.63, 3.8) is 0 Å². The first kappa shape index (κ1) is 12.4. The maximum Gasteiger partial charge on any atom is 0.341 e. The fraction of sp³-hybridized carbons (Fsp3) is 0.875. The summed E-state index contributed by atoms with van der Waals surface area (Å²) < 4.78 is 35.0. The molecule has 2 N–H and O–H groups in total. The van der Waals surface area contributed by atoms with Gasteiger partial charge >= 0.3 is 5.97 Å². The van der Waals surface area contributed by atoms with Crippen molar-refractivity contribution >= 4 is 15.8 Å². The third-order valence-electron chi connectivity index (χ3n) is 2.62. The fourth-order valence-corrected chi connectivity index (χ4v) is 3.16. The molecule has 0 aromatic heterocycles. The van der Waals surface area contributed by atoms with E-state index in [1.165, 1.54) is 0 Å². The number of rotatable bonds is 3.